The van der Waals surface area contributed by atoms with Crippen LogP contribution in [0.3, 0.4) is 0 Å². The summed E-state index contributed by atoms with van der Waals surface area (Å²) in [5, 5.41) is 8.95. The molecule has 0 aliphatic rings. The Labute approximate surface area is 88.7 Å². The molecule has 0 saturated carbocycles. The fourth-order valence-electron chi connectivity index (χ4n) is 0.815. The second-order valence-corrected chi connectivity index (χ2v) is 3.42. The van der Waals surface area contributed by atoms with E-state index in [1.54, 1.807) is 12.1 Å². The van der Waals surface area contributed by atoms with Crippen molar-refractivity contribution in [2.45, 2.75) is 4.43 Å². The van der Waals surface area contributed by atoms with E-state index < -0.39 is 5.97 Å². The summed E-state index contributed by atoms with van der Waals surface area (Å²) < 4.78 is 0.831. The first-order chi connectivity index (χ1) is 5.65. The smallest absolute Gasteiger partial charge is 0.337 e. The van der Waals surface area contributed by atoms with E-state index in [2.05, 4.69) is 22.6 Å². The Kier molecular flexibility index (Phi) is 3.34. The van der Waals surface area contributed by atoms with Crippen LogP contribution in [-0.2, 0) is 4.43 Å². The number of benzene rings is 1. The minimum absolute atomic E-state index is 0.158. The minimum Gasteiger partial charge on any atom is -0.478 e. The molecule has 1 aromatic carbocycles. The zero-order valence-corrected chi connectivity index (χ0v) is 8.96. The monoisotopic (exact) mass is 296 g/mol. The molecule has 1 aromatic rings. The van der Waals surface area contributed by atoms with E-state index in [1.807, 2.05) is 0 Å². The molecule has 0 aliphatic heterocycles. The Hall–Kier alpha value is -0.290. The Morgan fingerprint density at radius 2 is 2.25 bits per heavy atom. The molecule has 1 rings (SSSR count). The Balaban J connectivity index is 3.12. The third kappa shape index (κ3) is 2.10. The predicted octanol–water partition coefficient (Wildman–Crippen LogP) is 2.97. The minimum atomic E-state index is -0.986. The number of carbonyl (C=O) groups is 1. The molecule has 0 aromatic heterocycles. The van der Waals surface area contributed by atoms with Crippen LogP contribution in [0.15, 0.2) is 18.2 Å². The number of carboxylic acid groups (broad SMARTS) is 1. The second kappa shape index (κ2) is 4.09. The summed E-state index contributed by atoms with van der Waals surface area (Å²) in [6.45, 7) is 0. The van der Waals surface area contributed by atoms with Crippen molar-refractivity contribution in [3.8, 4) is 0 Å². The number of hydrogen-bond acceptors (Lipinski definition) is 1. The van der Waals surface area contributed by atoms with Crippen molar-refractivity contribution < 1.29 is 9.90 Å². The predicted molar refractivity (Wildman–Crippen MR) is 56.1 cm³/mol. The standard InChI is InChI=1S/C8H6ClIO2/c9-7-3-5(4-10)1-2-6(7)8(11)12/h1-3H,4H2,(H,11,12). The number of alkyl halides is 1. The van der Waals surface area contributed by atoms with Crippen LogP contribution >= 0.6 is 34.2 Å². The van der Waals surface area contributed by atoms with Gasteiger partial charge in [0.25, 0.3) is 0 Å². The van der Waals surface area contributed by atoms with Crippen LogP contribution in [0.25, 0.3) is 0 Å². The first-order valence-corrected chi connectivity index (χ1v) is 5.13. The summed E-state index contributed by atoms with van der Waals surface area (Å²) in [5.41, 5.74) is 1.19. The van der Waals surface area contributed by atoms with E-state index in [4.69, 9.17) is 16.7 Å². The fraction of sp³-hybridized carbons (Fsp3) is 0.125. The molecule has 2 nitrogen and oxygen atoms in total. The summed E-state index contributed by atoms with van der Waals surface area (Å²) in [4.78, 5) is 10.5. The SMILES string of the molecule is O=C(O)c1ccc(CI)cc1Cl. The number of hydrogen-bond donors (Lipinski definition) is 1. The van der Waals surface area contributed by atoms with E-state index in [0.717, 1.165) is 9.99 Å². The largest absolute Gasteiger partial charge is 0.478 e. The van der Waals surface area contributed by atoms with Crippen LogP contribution < -0.4 is 0 Å². The molecule has 0 saturated heterocycles. The first kappa shape index (κ1) is 9.80. The van der Waals surface area contributed by atoms with Crippen LogP contribution in [0, 0.1) is 0 Å². The van der Waals surface area contributed by atoms with Crippen molar-refractivity contribution >= 4 is 40.2 Å². The molecule has 12 heavy (non-hydrogen) atoms. The van der Waals surface area contributed by atoms with Crippen molar-refractivity contribution in [3.05, 3.63) is 34.3 Å². The third-order valence-electron chi connectivity index (χ3n) is 1.42. The number of rotatable bonds is 2. The van der Waals surface area contributed by atoms with Crippen molar-refractivity contribution in [2.75, 3.05) is 0 Å². The van der Waals surface area contributed by atoms with Crippen LogP contribution in [-0.4, -0.2) is 11.1 Å². The summed E-state index contributed by atoms with van der Waals surface area (Å²) in [7, 11) is 0. The molecule has 0 bridgehead atoms. The molecule has 64 valence electrons. The maximum Gasteiger partial charge on any atom is 0.337 e. The van der Waals surface area contributed by atoms with Crippen molar-refractivity contribution in [1.82, 2.24) is 0 Å². The van der Waals surface area contributed by atoms with E-state index >= 15 is 0 Å². The molecule has 0 spiro atoms. The van der Waals surface area contributed by atoms with E-state index in [0.29, 0.717) is 5.02 Å². The summed E-state index contributed by atoms with van der Waals surface area (Å²) >= 11 is 7.91. The highest BCUT2D eigenvalue weighted by Gasteiger charge is 2.07. The maximum absolute atomic E-state index is 10.5. The lowest BCUT2D eigenvalue weighted by Gasteiger charge is -2.00. The molecule has 0 unspecified atom stereocenters. The number of aromatic carboxylic acids is 1. The summed E-state index contributed by atoms with van der Waals surface area (Å²) in [6.07, 6.45) is 0. The normalized spacial score (nSPS) is 9.83. The van der Waals surface area contributed by atoms with Crippen LogP contribution in [0.4, 0.5) is 0 Å². The lowest BCUT2D eigenvalue weighted by Crippen LogP contribution is -1.97. The van der Waals surface area contributed by atoms with E-state index in [1.165, 1.54) is 6.07 Å². The molecular formula is C8H6ClIO2. The van der Waals surface area contributed by atoms with Gasteiger partial charge in [-0.3, -0.25) is 0 Å². The lowest BCUT2D eigenvalue weighted by molar-refractivity contribution is 0.0697. The van der Waals surface area contributed by atoms with E-state index in [-0.39, 0.29) is 5.56 Å². The highest BCUT2D eigenvalue weighted by Crippen LogP contribution is 2.19. The molecule has 0 heterocycles. The van der Waals surface area contributed by atoms with Crippen LogP contribution in [0.2, 0.25) is 5.02 Å². The van der Waals surface area contributed by atoms with Gasteiger partial charge in [-0.15, -0.1) is 0 Å². The quantitative estimate of drug-likeness (QED) is 0.673. The van der Waals surface area contributed by atoms with Gasteiger partial charge in [0, 0.05) is 4.43 Å². The highest BCUT2D eigenvalue weighted by atomic mass is 127. The molecule has 0 radical (unpaired) electrons. The van der Waals surface area contributed by atoms with Gasteiger partial charge < -0.3 is 5.11 Å². The fourth-order valence-corrected chi connectivity index (χ4v) is 1.57. The van der Waals surface area contributed by atoms with Gasteiger partial charge in [-0.25, -0.2) is 4.79 Å². The zero-order chi connectivity index (χ0) is 9.14. The lowest BCUT2D eigenvalue weighted by atomic mass is 10.1. The van der Waals surface area contributed by atoms with Crippen LogP contribution in [0.1, 0.15) is 15.9 Å². The Morgan fingerprint density at radius 3 is 2.67 bits per heavy atom. The average Bonchev–Trinajstić information content (AvgIpc) is 2.03. The maximum atomic E-state index is 10.5. The summed E-state index contributed by atoms with van der Waals surface area (Å²) in [6, 6.07) is 4.97. The molecule has 4 heteroatoms. The van der Waals surface area contributed by atoms with Gasteiger partial charge >= 0.3 is 5.97 Å². The molecule has 0 amide bonds. The second-order valence-electron chi connectivity index (χ2n) is 2.25. The van der Waals surface area contributed by atoms with Gasteiger partial charge in [-0.2, -0.15) is 0 Å². The molecule has 0 atom stereocenters. The topological polar surface area (TPSA) is 37.3 Å². The van der Waals surface area contributed by atoms with Crippen molar-refractivity contribution in [3.63, 3.8) is 0 Å². The van der Waals surface area contributed by atoms with Gasteiger partial charge in [-0.05, 0) is 17.7 Å². The third-order valence-corrected chi connectivity index (χ3v) is 2.61. The first-order valence-electron chi connectivity index (χ1n) is 3.23. The molecule has 0 aliphatic carbocycles. The van der Waals surface area contributed by atoms with Gasteiger partial charge in [-0.1, -0.05) is 40.3 Å². The molecular weight excluding hydrogens is 290 g/mol. The van der Waals surface area contributed by atoms with Gasteiger partial charge in [0.2, 0.25) is 0 Å². The summed E-state index contributed by atoms with van der Waals surface area (Å²) in [5.74, 6) is -0.986. The highest BCUT2D eigenvalue weighted by molar-refractivity contribution is 14.1. The average molecular weight is 296 g/mol. The van der Waals surface area contributed by atoms with Crippen molar-refractivity contribution in [2.24, 2.45) is 0 Å². The van der Waals surface area contributed by atoms with E-state index in [9.17, 15) is 4.79 Å². The van der Waals surface area contributed by atoms with Gasteiger partial charge in [0.15, 0.2) is 0 Å². The molecule has 1 N–H and O–H groups in total. The molecule has 0 fully saturated rings. The van der Waals surface area contributed by atoms with Crippen molar-refractivity contribution in [1.29, 1.82) is 0 Å². The van der Waals surface area contributed by atoms with Gasteiger partial charge in [0.05, 0.1) is 10.6 Å². The Morgan fingerprint density at radius 1 is 1.58 bits per heavy atom. The number of halogens is 2. The van der Waals surface area contributed by atoms with Crippen LogP contribution in [0.5, 0.6) is 0 Å². The number of carboxylic acids is 1. The Bertz CT molecular complexity index is 312. The van der Waals surface area contributed by atoms with Gasteiger partial charge in [0.1, 0.15) is 0 Å². The zero-order valence-electron chi connectivity index (χ0n) is 6.05.